The van der Waals surface area contributed by atoms with E-state index in [0.29, 0.717) is 0 Å². The summed E-state index contributed by atoms with van der Waals surface area (Å²) in [5.74, 6) is 0. The Labute approximate surface area is 261 Å². The molecule has 0 saturated carbocycles. The van der Waals surface area contributed by atoms with Gasteiger partial charge in [0.15, 0.2) is 0 Å². The lowest BCUT2D eigenvalue weighted by atomic mass is 9.81. The van der Waals surface area contributed by atoms with Gasteiger partial charge in [-0.3, -0.25) is 0 Å². The average molecular weight is 575 g/mol. The Morgan fingerprint density at radius 3 is 1.93 bits per heavy atom. The Kier molecular flexibility index (Phi) is 4.82. The summed E-state index contributed by atoms with van der Waals surface area (Å²) in [4.78, 5) is 0. The first kappa shape index (κ1) is 24.8. The summed E-state index contributed by atoms with van der Waals surface area (Å²) < 4.78 is 4.97. The zero-order valence-electron chi connectivity index (χ0n) is 25.3. The van der Waals surface area contributed by atoms with Crippen LogP contribution >= 0.6 is 0 Å². The number of fused-ring (bicyclic) bond motifs is 11. The van der Waals surface area contributed by atoms with E-state index in [1.165, 1.54) is 88.0 Å². The number of hydrogen-bond donors (Lipinski definition) is 0. The maximum atomic E-state index is 2.56. The summed E-state index contributed by atoms with van der Waals surface area (Å²) in [5.41, 5.74) is 12.8. The van der Waals surface area contributed by atoms with Gasteiger partial charge in [0, 0.05) is 38.0 Å². The van der Waals surface area contributed by atoms with E-state index in [2.05, 4.69) is 169 Å². The van der Waals surface area contributed by atoms with Gasteiger partial charge in [-0.25, -0.2) is 0 Å². The monoisotopic (exact) mass is 574 g/mol. The summed E-state index contributed by atoms with van der Waals surface area (Å²) in [7, 11) is 0. The van der Waals surface area contributed by atoms with E-state index in [0.717, 1.165) is 0 Å². The van der Waals surface area contributed by atoms with Crippen LogP contribution < -0.4 is 0 Å². The van der Waals surface area contributed by atoms with Gasteiger partial charge in [0.05, 0.1) is 27.8 Å². The molecule has 2 aromatic heterocycles. The van der Waals surface area contributed by atoms with E-state index >= 15 is 0 Å². The van der Waals surface area contributed by atoms with Crippen molar-refractivity contribution in [2.75, 3.05) is 0 Å². The fourth-order valence-corrected chi connectivity index (χ4v) is 8.36. The number of para-hydroxylation sites is 3. The van der Waals surface area contributed by atoms with Gasteiger partial charge in [0.25, 0.3) is 0 Å². The van der Waals surface area contributed by atoms with Crippen molar-refractivity contribution in [3.05, 3.63) is 157 Å². The van der Waals surface area contributed by atoms with E-state index in [4.69, 9.17) is 0 Å². The first-order valence-corrected chi connectivity index (χ1v) is 15.8. The summed E-state index contributed by atoms with van der Waals surface area (Å²) in [5, 5.41) is 7.64. The van der Waals surface area contributed by atoms with Crippen molar-refractivity contribution < 1.29 is 0 Å². The zero-order valence-corrected chi connectivity index (χ0v) is 25.3. The molecule has 45 heavy (non-hydrogen) atoms. The van der Waals surface area contributed by atoms with E-state index in [-0.39, 0.29) is 5.41 Å². The maximum absolute atomic E-state index is 2.56. The Hall–Kier alpha value is -5.60. The van der Waals surface area contributed by atoms with Crippen LogP contribution in [0.2, 0.25) is 0 Å². The Morgan fingerprint density at radius 1 is 0.444 bits per heavy atom. The van der Waals surface area contributed by atoms with Crippen LogP contribution in [0.4, 0.5) is 0 Å². The van der Waals surface area contributed by atoms with Gasteiger partial charge in [-0.05, 0) is 70.1 Å². The molecule has 0 amide bonds. The molecule has 0 N–H and O–H groups in total. The standard InChI is InChI=1S/C43H30N2/c1-43(2)36-19-9-6-15-29(36)32-18-12-22-39(41(32)43)45-38-21-11-7-16-30(38)33-24-23-27-25-40-35(26-34(27)42(33)45)31-17-8-10-20-37(31)44(40)28-13-4-3-5-14-28/h3-26H,1-2H3. The number of aromatic nitrogens is 2. The molecular formula is C43H30N2. The van der Waals surface area contributed by atoms with Crippen LogP contribution in [0.25, 0.3) is 76.9 Å². The zero-order chi connectivity index (χ0) is 29.9. The predicted octanol–water partition coefficient (Wildman–Crippen LogP) is 11.3. The first-order chi connectivity index (χ1) is 22.1. The van der Waals surface area contributed by atoms with E-state index in [1.54, 1.807) is 0 Å². The molecule has 2 heteroatoms. The molecule has 1 aliphatic rings. The molecule has 0 aliphatic heterocycles. The number of rotatable bonds is 2. The van der Waals surface area contributed by atoms with Crippen molar-refractivity contribution in [2.24, 2.45) is 0 Å². The fourth-order valence-electron chi connectivity index (χ4n) is 8.36. The Bertz CT molecular complexity index is 2670. The summed E-state index contributed by atoms with van der Waals surface area (Å²) in [6, 6.07) is 53.8. The largest absolute Gasteiger partial charge is 0.309 e. The van der Waals surface area contributed by atoms with Crippen molar-refractivity contribution in [1.29, 1.82) is 0 Å². The molecule has 1 aliphatic carbocycles. The third-order valence-corrected chi connectivity index (χ3v) is 10.3. The van der Waals surface area contributed by atoms with Crippen LogP contribution in [-0.4, -0.2) is 9.13 Å². The fraction of sp³-hybridized carbons (Fsp3) is 0.0698. The van der Waals surface area contributed by atoms with Crippen LogP contribution in [0.3, 0.4) is 0 Å². The number of hydrogen-bond acceptors (Lipinski definition) is 0. The summed E-state index contributed by atoms with van der Waals surface area (Å²) >= 11 is 0. The van der Waals surface area contributed by atoms with Crippen LogP contribution in [-0.2, 0) is 5.41 Å². The minimum absolute atomic E-state index is 0.124. The quantitative estimate of drug-likeness (QED) is 0.194. The molecule has 0 spiro atoms. The lowest BCUT2D eigenvalue weighted by molar-refractivity contribution is 0.656. The second kappa shape index (κ2) is 8.74. The van der Waals surface area contributed by atoms with Crippen molar-refractivity contribution in [1.82, 2.24) is 9.13 Å². The molecule has 0 atom stereocenters. The third kappa shape index (κ3) is 3.18. The molecule has 2 nitrogen and oxygen atoms in total. The molecular weight excluding hydrogens is 544 g/mol. The highest BCUT2D eigenvalue weighted by atomic mass is 15.0. The van der Waals surface area contributed by atoms with Gasteiger partial charge >= 0.3 is 0 Å². The highest BCUT2D eigenvalue weighted by molar-refractivity contribution is 6.23. The highest BCUT2D eigenvalue weighted by Gasteiger charge is 2.38. The average Bonchev–Trinajstić information content (AvgIpc) is 3.68. The Balaban J connectivity index is 1.37. The minimum atomic E-state index is -0.124. The van der Waals surface area contributed by atoms with Gasteiger partial charge in [-0.2, -0.15) is 0 Å². The van der Waals surface area contributed by atoms with Gasteiger partial charge in [-0.15, -0.1) is 0 Å². The van der Waals surface area contributed by atoms with Gasteiger partial charge in [-0.1, -0.05) is 117 Å². The van der Waals surface area contributed by atoms with Crippen molar-refractivity contribution in [2.45, 2.75) is 19.3 Å². The van der Waals surface area contributed by atoms with Crippen LogP contribution in [0.1, 0.15) is 25.0 Å². The normalized spacial score (nSPS) is 13.7. The number of benzene rings is 7. The van der Waals surface area contributed by atoms with E-state index < -0.39 is 0 Å². The van der Waals surface area contributed by atoms with Crippen molar-refractivity contribution in [3.8, 4) is 22.5 Å². The van der Waals surface area contributed by atoms with Crippen molar-refractivity contribution >= 4 is 54.4 Å². The summed E-state index contributed by atoms with van der Waals surface area (Å²) in [6.45, 7) is 4.77. The van der Waals surface area contributed by atoms with Crippen molar-refractivity contribution in [3.63, 3.8) is 0 Å². The van der Waals surface area contributed by atoms with Gasteiger partial charge in [0.2, 0.25) is 0 Å². The Morgan fingerprint density at radius 2 is 1.11 bits per heavy atom. The van der Waals surface area contributed by atoms with Gasteiger partial charge in [0.1, 0.15) is 0 Å². The molecule has 7 aromatic carbocycles. The van der Waals surface area contributed by atoms with Crippen LogP contribution in [0, 0.1) is 0 Å². The maximum Gasteiger partial charge on any atom is 0.0619 e. The smallest absolute Gasteiger partial charge is 0.0619 e. The van der Waals surface area contributed by atoms with Crippen LogP contribution in [0.15, 0.2) is 146 Å². The lowest BCUT2D eigenvalue weighted by Gasteiger charge is -2.25. The molecule has 9 aromatic rings. The summed E-state index contributed by atoms with van der Waals surface area (Å²) in [6.07, 6.45) is 0. The molecule has 2 heterocycles. The second-order valence-corrected chi connectivity index (χ2v) is 13.0. The molecule has 0 fully saturated rings. The topological polar surface area (TPSA) is 9.86 Å². The third-order valence-electron chi connectivity index (χ3n) is 10.3. The molecule has 10 rings (SSSR count). The van der Waals surface area contributed by atoms with E-state index in [9.17, 15) is 0 Å². The molecule has 212 valence electrons. The molecule has 0 unspecified atom stereocenters. The van der Waals surface area contributed by atoms with Gasteiger partial charge < -0.3 is 9.13 Å². The second-order valence-electron chi connectivity index (χ2n) is 13.0. The minimum Gasteiger partial charge on any atom is -0.309 e. The SMILES string of the molecule is CC1(C)c2ccccc2-c2cccc(-n3c4ccccc4c4ccc5cc6c(cc5c43)c3ccccc3n6-c3ccccc3)c21. The molecule has 0 bridgehead atoms. The first-order valence-electron chi connectivity index (χ1n) is 15.8. The molecule has 0 saturated heterocycles. The number of nitrogens with zero attached hydrogens (tertiary/aromatic N) is 2. The molecule has 0 radical (unpaired) electrons. The van der Waals surface area contributed by atoms with E-state index in [1.807, 2.05) is 0 Å². The predicted molar refractivity (Wildman–Crippen MR) is 190 cm³/mol. The highest BCUT2D eigenvalue weighted by Crippen LogP contribution is 2.52. The lowest BCUT2D eigenvalue weighted by Crippen LogP contribution is -2.18. The van der Waals surface area contributed by atoms with Crippen LogP contribution in [0.5, 0.6) is 0 Å².